The fraction of sp³-hybridized carbons (Fsp3) is 0.462. The molecule has 0 saturated carbocycles. The summed E-state index contributed by atoms with van der Waals surface area (Å²) in [5.74, 6) is -0.351. The van der Waals surface area contributed by atoms with Gasteiger partial charge in [0.2, 0.25) is 0 Å². The molecule has 1 aromatic rings. The van der Waals surface area contributed by atoms with Gasteiger partial charge in [-0.25, -0.2) is 4.39 Å². The molecule has 2 heteroatoms. The topological polar surface area (TPSA) is 17.1 Å². The van der Waals surface area contributed by atoms with Gasteiger partial charge in [0.1, 0.15) is 5.82 Å². The van der Waals surface area contributed by atoms with Crippen molar-refractivity contribution in [2.24, 2.45) is 5.92 Å². The van der Waals surface area contributed by atoms with Crippen molar-refractivity contribution in [3.05, 3.63) is 34.6 Å². The Morgan fingerprint density at radius 1 is 1.40 bits per heavy atom. The van der Waals surface area contributed by atoms with Crippen molar-refractivity contribution in [3.8, 4) is 0 Å². The fourth-order valence-electron chi connectivity index (χ4n) is 1.67. The van der Waals surface area contributed by atoms with E-state index in [9.17, 15) is 9.18 Å². The van der Waals surface area contributed by atoms with Gasteiger partial charge in [-0.1, -0.05) is 26.8 Å². The SMILES string of the molecule is CCc1ccc(F)c(C)c1C(=O)C(C)C. The lowest BCUT2D eigenvalue weighted by Gasteiger charge is -2.13. The highest BCUT2D eigenvalue weighted by molar-refractivity contribution is 6.00. The summed E-state index contributed by atoms with van der Waals surface area (Å²) in [5, 5.41) is 0. The summed E-state index contributed by atoms with van der Waals surface area (Å²) in [6, 6.07) is 3.14. The van der Waals surface area contributed by atoms with E-state index >= 15 is 0 Å². The number of hydrogen-bond acceptors (Lipinski definition) is 1. The van der Waals surface area contributed by atoms with Crippen molar-refractivity contribution < 1.29 is 9.18 Å². The van der Waals surface area contributed by atoms with Gasteiger partial charge in [-0.15, -0.1) is 0 Å². The Hall–Kier alpha value is -1.18. The van der Waals surface area contributed by atoms with Crippen molar-refractivity contribution in [1.29, 1.82) is 0 Å². The van der Waals surface area contributed by atoms with Crippen LogP contribution in [0, 0.1) is 18.7 Å². The largest absolute Gasteiger partial charge is 0.294 e. The number of hydrogen-bond donors (Lipinski definition) is 0. The third-order valence-corrected chi connectivity index (χ3v) is 2.64. The van der Waals surface area contributed by atoms with E-state index in [-0.39, 0.29) is 17.5 Å². The van der Waals surface area contributed by atoms with Gasteiger partial charge in [0.15, 0.2) is 5.78 Å². The summed E-state index contributed by atoms with van der Waals surface area (Å²) >= 11 is 0. The molecule has 1 aromatic carbocycles. The van der Waals surface area contributed by atoms with E-state index in [1.807, 2.05) is 20.8 Å². The van der Waals surface area contributed by atoms with E-state index in [4.69, 9.17) is 0 Å². The van der Waals surface area contributed by atoms with E-state index in [1.165, 1.54) is 6.07 Å². The van der Waals surface area contributed by atoms with Gasteiger partial charge in [-0.2, -0.15) is 0 Å². The van der Waals surface area contributed by atoms with E-state index in [0.29, 0.717) is 11.1 Å². The van der Waals surface area contributed by atoms with Gasteiger partial charge < -0.3 is 0 Å². The third-order valence-electron chi connectivity index (χ3n) is 2.64. The van der Waals surface area contributed by atoms with Crippen molar-refractivity contribution in [2.75, 3.05) is 0 Å². The summed E-state index contributed by atoms with van der Waals surface area (Å²) in [5.41, 5.74) is 1.99. The van der Waals surface area contributed by atoms with Gasteiger partial charge >= 0.3 is 0 Å². The summed E-state index contributed by atoms with van der Waals surface area (Å²) in [6.07, 6.45) is 0.759. The molecule has 0 N–H and O–H groups in total. The standard InChI is InChI=1S/C13H17FO/c1-5-10-6-7-11(14)9(4)12(10)13(15)8(2)3/h6-8H,5H2,1-4H3. The Bertz CT molecular complexity index is 380. The van der Waals surface area contributed by atoms with E-state index in [2.05, 4.69) is 0 Å². The first-order valence-electron chi connectivity index (χ1n) is 5.31. The maximum Gasteiger partial charge on any atom is 0.166 e. The van der Waals surface area contributed by atoms with E-state index in [1.54, 1.807) is 13.0 Å². The van der Waals surface area contributed by atoms with Crippen LogP contribution in [0.3, 0.4) is 0 Å². The molecule has 0 aliphatic heterocycles. The highest BCUT2D eigenvalue weighted by Crippen LogP contribution is 2.21. The number of carbonyl (C=O) groups is 1. The fourth-order valence-corrected chi connectivity index (χ4v) is 1.67. The molecule has 0 amide bonds. The first kappa shape index (κ1) is 11.9. The number of benzene rings is 1. The minimum atomic E-state index is -0.295. The second kappa shape index (κ2) is 4.56. The van der Waals surface area contributed by atoms with E-state index in [0.717, 1.165) is 12.0 Å². The van der Waals surface area contributed by atoms with Crippen LogP contribution in [0.1, 0.15) is 42.3 Å². The highest BCUT2D eigenvalue weighted by atomic mass is 19.1. The molecule has 1 nitrogen and oxygen atoms in total. The Labute approximate surface area is 90.3 Å². The van der Waals surface area contributed by atoms with Crippen LogP contribution >= 0.6 is 0 Å². The smallest absolute Gasteiger partial charge is 0.166 e. The molecule has 0 radical (unpaired) electrons. The molecule has 0 bridgehead atoms. The molecule has 1 rings (SSSR count). The van der Waals surface area contributed by atoms with Crippen LogP contribution in [0.15, 0.2) is 12.1 Å². The highest BCUT2D eigenvalue weighted by Gasteiger charge is 2.18. The molecule has 0 heterocycles. The lowest BCUT2D eigenvalue weighted by atomic mass is 9.91. The first-order valence-corrected chi connectivity index (χ1v) is 5.31. The number of ketones is 1. The molecule has 0 aliphatic carbocycles. The molecule has 0 fully saturated rings. The Morgan fingerprint density at radius 3 is 2.47 bits per heavy atom. The van der Waals surface area contributed by atoms with Crippen LogP contribution in [-0.2, 0) is 6.42 Å². The van der Waals surface area contributed by atoms with Crippen molar-refractivity contribution in [1.82, 2.24) is 0 Å². The monoisotopic (exact) mass is 208 g/mol. The molecular weight excluding hydrogens is 191 g/mol. The van der Waals surface area contributed by atoms with Crippen LogP contribution in [0.2, 0.25) is 0 Å². The Balaban J connectivity index is 3.36. The molecule has 15 heavy (non-hydrogen) atoms. The number of aryl methyl sites for hydroxylation is 1. The lowest BCUT2D eigenvalue weighted by molar-refractivity contribution is 0.0937. The van der Waals surface area contributed by atoms with Gasteiger partial charge in [0.05, 0.1) is 0 Å². The van der Waals surface area contributed by atoms with Gasteiger partial charge in [0, 0.05) is 11.5 Å². The van der Waals surface area contributed by atoms with Crippen molar-refractivity contribution >= 4 is 5.78 Å². The summed E-state index contributed by atoms with van der Waals surface area (Å²) in [7, 11) is 0. The Kier molecular flexibility index (Phi) is 3.61. The predicted octanol–water partition coefficient (Wildman–Crippen LogP) is 3.54. The average Bonchev–Trinajstić information content (AvgIpc) is 2.20. The maximum absolute atomic E-state index is 13.4. The molecule has 0 atom stereocenters. The first-order chi connectivity index (χ1) is 6.99. The number of halogens is 1. The number of Topliss-reactive ketones (excluding diaryl/α,β-unsaturated/α-hetero) is 1. The average molecular weight is 208 g/mol. The van der Waals surface area contributed by atoms with Crippen molar-refractivity contribution in [3.63, 3.8) is 0 Å². The predicted molar refractivity (Wildman–Crippen MR) is 59.7 cm³/mol. The normalized spacial score (nSPS) is 10.8. The maximum atomic E-state index is 13.4. The number of rotatable bonds is 3. The summed E-state index contributed by atoms with van der Waals surface area (Å²) < 4.78 is 13.4. The quantitative estimate of drug-likeness (QED) is 0.694. The van der Waals surface area contributed by atoms with Gasteiger partial charge in [0.25, 0.3) is 0 Å². The molecule has 0 saturated heterocycles. The van der Waals surface area contributed by atoms with Crippen LogP contribution in [0.4, 0.5) is 4.39 Å². The molecular formula is C13H17FO. The summed E-state index contributed by atoms with van der Waals surface area (Å²) in [4.78, 5) is 11.9. The minimum Gasteiger partial charge on any atom is -0.294 e. The molecule has 0 spiro atoms. The molecule has 0 aliphatic rings. The zero-order valence-corrected chi connectivity index (χ0v) is 9.73. The van der Waals surface area contributed by atoms with Crippen LogP contribution in [0.25, 0.3) is 0 Å². The minimum absolute atomic E-state index is 0.0313. The zero-order chi connectivity index (χ0) is 11.6. The molecule has 82 valence electrons. The van der Waals surface area contributed by atoms with Crippen LogP contribution in [-0.4, -0.2) is 5.78 Å². The lowest BCUT2D eigenvalue weighted by Crippen LogP contribution is -2.13. The van der Waals surface area contributed by atoms with Crippen LogP contribution in [0.5, 0.6) is 0 Å². The summed E-state index contributed by atoms with van der Waals surface area (Å²) in [6.45, 7) is 7.33. The van der Waals surface area contributed by atoms with E-state index < -0.39 is 0 Å². The second-order valence-corrected chi connectivity index (χ2v) is 4.08. The van der Waals surface area contributed by atoms with Crippen LogP contribution < -0.4 is 0 Å². The zero-order valence-electron chi connectivity index (χ0n) is 9.73. The van der Waals surface area contributed by atoms with Gasteiger partial charge in [-0.3, -0.25) is 4.79 Å². The number of carbonyl (C=O) groups excluding carboxylic acids is 1. The van der Waals surface area contributed by atoms with Crippen molar-refractivity contribution in [2.45, 2.75) is 34.1 Å². The Morgan fingerprint density at radius 2 is 2.00 bits per heavy atom. The molecule has 0 unspecified atom stereocenters. The molecule has 0 aromatic heterocycles. The second-order valence-electron chi connectivity index (χ2n) is 4.08. The van der Waals surface area contributed by atoms with Gasteiger partial charge in [-0.05, 0) is 30.5 Å². The third kappa shape index (κ3) is 2.25.